The number of carbonyl (C=O) groups is 3. The number of rotatable bonds is 6. The first-order chi connectivity index (χ1) is 11.9. The Morgan fingerprint density at radius 3 is 2.24 bits per heavy atom. The van der Waals surface area contributed by atoms with Crippen molar-refractivity contribution in [2.24, 2.45) is 0 Å². The highest BCUT2D eigenvalue weighted by molar-refractivity contribution is 6.00. The maximum Gasteiger partial charge on any atom is 0.337 e. The van der Waals surface area contributed by atoms with Gasteiger partial charge in [0.15, 0.2) is 5.78 Å². The van der Waals surface area contributed by atoms with Crippen molar-refractivity contribution in [1.82, 2.24) is 0 Å². The molecule has 0 atom stereocenters. The minimum Gasteiger partial charge on any atom is -0.506 e. The molecule has 6 nitrogen and oxygen atoms in total. The van der Waals surface area contributed by atoms with Crippen LogP contribution in [-0.2, 0) is 9.53 Å². The van der Waals surface area contributed by atoms with E-state index in [1.165, 1.54) is 25.3 Å². The number of aryl methyl sites for hydroxylation is 1. The van der Waals surface area contributed by atoms with Gasteiger partial charge < -0.3 is 15.2 Å². The summed E-state index contributed by atoms with van der Waals surface area (Å²) >= 11 is 0. The lowest BCUT2D eigenvalue weighted by molar-refractivity contribution is -0.116. The van der Waals surface area contributed by atoms with Gasteiger partial charge in [-0.1, -0.05) is 29.8 Å². The molecule has 2 aromatic rings. The molecule has 6 heteroatoms. The number of phenolic OH excluding ortho intramolecular Hbond substituents is 1. The summed E-state index contributed by atoms with van der Waals surface area (Å²) in [5.41, 5.74) is 1.96. The second-order valence-electron chi connectivity index (χ2n) is 5.56. The van der Waals surface area contributed by atoms with Gasteiger partial charge in [0.1, 0.15) is 5.75 Å². The van der Waals surface area contributed by atoms with Crippen molar-refractivity contribution in [2.75, 3.05) is 12.4 Å². The minimum absolute atomic E-state index is 0.00902. The fourth-order valence-corrected chi connectivity index (χ4v) is 2.21. The molecule has 0 fully saturated rings. The van der Waals surface area contributed by atoms with E-state index in [0.29, 0.717) is 5.56 Å². The van der Waals surface area contributed by atoms with Crippen molar-refractivity contribution in [3.05, 3.63) is 59.2 Å². The Morgan fingerprint density at radius 1 is 1.00 bits per heavy atom. The predicted molar refractivity (Wildman–Crippen MR) is 92.8 cm³/mol. The van der Waals surface area contributed by atoms with Crippen LogP contribution in [0.1, 0.15) is 39.1 Å². The molecule has 2 aromatic carbocycles. The Morgan fingerprint density at radius 2 is 1.64 bits per heavy atom. The average Bonchev–Trinajstić information content (AvgIpc) is 2.61. The molecule has 0 saturated carbocycles. The number of ketones is 1. The molecule has 0 aromatic heterocycles. The molecule has 2 N–H and O–H groups in total. The predicted octanol–water partition coefficient (Wildman–Crippen LogP) is 3.09. The third kappa shape index (κ3) is 4.91. The highest BCUT2D eigenvalue weighted by Gasteiger charge is 2.13. The molecule has 0 unspecified atom stereocenters. The van der Waals surface area contributed by atoms with E-state index >= 15 is 0 Å². The second-order valence-corrected chi connectivity index (χ2v) is 5.56. The summed E-state index contributed by atoms with van der Waals surface area (Å²) < 4.78 is 4.55. The summed E-state index contributed by atoms with van der Waals surface area (Å²) in [5, 5.41) is 12.4. The molecule has 0 radical (unpaired) electrons. The minimum atomic E-state index is -0.586. The smallest absolute Gasteiger partial charge is 0.337 e. The van der Waals surface area contributed by atoms with Crippen LogP contribution >= 0.6 is 0 Å². The number of Topliss-reactive ketones (excluding diaryl/α,β-unsaturated/α-hetero) is 1. The normalized spacial score (nSPS) is 10.2. The third-order valence-corrected chi connectivity index (χ3v) is 3.65. The van der Waals surface area contributed by atoms with Crippen LogP contribution < -0.4 is 5.32 Å². The number of methoxy groups -OCH3 is 1. The van der Waals surface area contributed by atoms with Crippen molar-refractivity contribution < 1.29 is 24.2 Å². The highest BCUT2D eigenvalue weighted by atomic mass is 16.5. The van der Waals surface area contributed by atoms with Crippen molar-refractivity contribution >= 4 is 23.3 Å². The molecule has 130 valence electrons. The quantitative estimate of drug-likeness (QED) is 0.478. The van der Waals surface area contributed by atoms with Crippen molar-refractivity contribution in [1.29, 1.82) is 0 Å². The zero-order valence-electron chi connectivity index (χ0n) is 14.0. The number of phenols is 1. The van der Waals surface area contributed by atoms with Gasteiger partial charge in [-0.3, -0.25) is 9.59 Å². The molecule has 0 bridgehead atoms. The molecule has 2 rings (SSSR count). The van der Waals surface area contributed by atoms with Crippen LogP contribution in [0.15, 0.2) is 42.5 Å². The first kappa shape index (κ1) is 18.2. The second kappa shape index (κ2) is 8.10. The van der Waals surface area contributed by atoms with E-state index in [0.717, 1.165) is 5.56 Å². The first-order valence-electron chi connectivity index (χ1n) is 7.71. The number of anilines is 1. The van der Waals surface area contributed by atoms with E-state index < -0.39 is 11.9 Å². The molecule has 0 heterocycles. The lowest BCUT2D eigenvalue weighted by atomic mass is 10.0. The fraction of sp³-hybridized carbons (Fsp3) is 0.211. The third-order valence-electron chi connectivity index (χ3n) is 3.65. The standard InChI is InChI=1S/C19H19NO5/c1-12-3-5-13(6-4-12)16(21)9-10-18(23)20-15-8-7-14(11-17(15)22)19(24)25-2/h3-8,11,22H,9-10H2,1-2H3,(H,20,23). The number of aromatic hydroxyl groups is 1. The van der Waals surface area contributed by atoms with Gasteiger partial charge in [-0.2, -0.15) is 0 Å². The van der Waals surface area contributed by atoms with Crippen LogP contribution in [0.3, 0.4) is 0 Å². The maximum atomic E-state index is 12.1. The van der Waals surface area contributed by atoms with Crippen LogP contribution in [-0.4, -0.2) is 29.9 Å². The average molecular weight is 341 g/mol. The van der Waals surface area contributed by atoms with E-state index in [9.17, 15) is 19.5 Å². The zero-order valence-corrected chi connectivity index (χ0v) is 14.0. The fourth-order valence-electron chi connectivity index (χ4n) is 2.21. The lowest BCUT2D eigenvalue weighted by Crippen LogP contribution is -2.14. The summed E-state index contributed by atoms with van der Waals surface area (Å²) in [6.07, 6.45) is 0.0564. The van der Waals surface area contributed by atoms with Crippen molar-refractivity contribution in [3.8, 4) is 5.75 Å². The van der Waals surface area contributed by atoms with E-state index in [4.69, 9.17) is 0 Å². The van der Waals surface area contributed by atoms with Gasteiger partial charge in [-0.05, 0) is 25.1 Å². The molecule has 25 heavy (non-hydrogen) atoms. The molecule has 1 amide bonds. The highest BCUT2D eigenvalue weighted by Crippen LogP contribution is 2.25. The van der Waals surface area contributed by atoms with Crippen molar-refractivity contribution in [2.45, 2.75) is 19.8 Å². The van der Waals surface area contributed by atoms with Crippen LogP contribution in [0.4, 0.5) is 5.69 Å². The maximum absolute atomic E-state index is 12.1. The molecular weight excluding hydrogens is 322 g/mol. The van der Waals surface area contributed by atoms with Gasteiger partial charge in [0.2, 0.25) is 5.91 Å². The van der Waals surface area contributed by atoms with Gasteiger partial charge in [-0.25, -0.2) is 4.79 Å². The summed E-state index contributed by atoms with van der Waals surface area (Å²) in [7, 11) is 1.24. The number of carbonyl (C=O) groups excluding carboxylic acids is 3. The Bertz CT molecular complexity index is 796. The molecule has 0 spiro atoms. The zero-order chi connectivity index (χ0) is 18.4. The molecule has 0 aliphatic heterocycles. The molecule has 0 aliphatic rings. The Hall–Kier alpha value is -3.15. The number of benzene rings is 2. The van der Waals surface area contributed by atoms with Gasteiger partial charge in [-0.15, -0.1) is 0 Å². The Kier molecular flexibility index (Phi) is 5.89. The number of ether oxygens (including phenoxy) is 1. The van der Waals surface area contributed by atoms with Gasteiger partial charge in [0.25, 0.3) is 0 Å². The summed E-state index contributed by atoms with van der Waals surface area (Å²) in [4.78, 5) is 35.4. The summed E-state index contributed by atoms with van der Waals surface area (Å²) in [5.74, 6) is -1.36. The topological polar surface area (TPSA) is 92.7 Å². The van der Waals surface area contributed by atoms with E-state index in [-0.39, 0.29) is 35.6 Å². The van der Waals surface area contributed by atoms with Crippen molar-refractivity contribution in [3.63, 3.8) is 0 Å². The van der Waals surface area contributed by atoms with Gasteiger partial charge in [0.05, 0.1) is 18.4 Å². The van der Waals surface area contributed by atoms with E-state index in [1.54, 1.807) is 12.1 Å². The van der Waals surface area contributed by atoms with E-state index in [2.05, 4.69) is 10.1 Å². The van der Waals surface area contributed by atoms with Gasteiger partial charge in [0, 0.05) is 18.4 Å². The van der Waals surface area contributed by atoms with Gasteiger partial charge >= 0.3 is 5.97 Å². The number of nitrogens with one attached hydrogen (secondary N) is 1. The first-order valence-corrected chi connectivity index (χ1v) is 7.71. The SMILES string of the molecule is COC(=O)c1ccc(NC(=O)CCC(=O)c2ccc(C)cc2)c(O)c1. The Balaban J connectivity index is 1.93. The molecule has 0 saturated heterocycles. The van der Waals surface area contributed by atoms with Crippen LogP contribution in [0.5, 0.6) is 5.75 Å². The molecule has 0 aliphatic carbocycles. The largest absolute Gasteiger partial charge is 0.506 e. The molecular formula is C19H19NO5. The number of amides is 1. The van der Waals surface area contributed by atoms with Crippen LogP contribution in [0, 0.1) is 6.92 Å². The monoisotopic (exact) mass is 341 g/mol. The van der Waals surface area contributed by atoms with Crippen LogP contribution in [0.2, 0.25) is 0 Å². The number of hydrogen-bond donors (Lipinski definition) is 2. The number of esters is 1. The lowest BCUT2D eigenvalue weighted by Gasteiger charge is -2.08. The summed E-state index contributed by atoms with van der Waals surface area (Å²) in [6, 6.07) is 11.2. The van der Waals surface area contributed by atoms with Crippen LogP contribution in [0.25, 0.3) is 0 Å². The number of hydrogen-bond acceptors (Lipinski definition) is 5. The summed E-state index contributed by atoms with van der Waals surface area (Å²) in [6.45, 7) is 1.93. The Labute approximate surface area is 145 Å². The van der Waals surface area contributed by atoms with E-state index in [1.807, 2.05) is 19.1 Å².